The van der Waals surface area contributed by atoms with E-state index in [1.54, 1.807) is 12.1 Å². The summed E-state index contributed by atoms with van der Waals surface area (Å²) in [5.74, 6) is 1.82. The van der Waals surface area contributed by atoms with Gasteiger partial charge in [-0.25, -0.2) is 0 Å². The van der Waals surface area contributed by atoms with Gasteiger partial charge in [-0.3, -0.25) is 4.79 Å². The first-order chi connectivity index (χ1) is 14.6. The van der Waals surface area contributed by atoms with Crippen molar-refractivity contribution in [1.29, 1.82) is 0 Å². The highest BCUT2D eigenvalue weighted by molar-refractivity contribution is 6.04. The Morgan fingerprint density at radius 3 is 2.37 bits per heavy atom. The fourth-order valence-electron chi connectivity index (χ4n) is 2.94. The van der Waals surface area contributed by atoms with Gasteiger partial charge >= 0.3 is 0 Å². The number of carbonyl (C=O) groups excluding carboxylic acids is 1. The smallest absolute Gasteiger partial charge is 0.255 e. The summed E-state index contributed by atoms with van der Waals surface area (Å²) in [4.78, 5) is 12.5. The number of anilines is 1. The summed E-state index contributed by atoms with van der Waals surface area (Å²) in [6, 6.07) is 25.0. The predicted octanol–water partition coefficient (Wildman–Crippen LogP) is 5.99. The lowest BCUT2D eigenvalue weighted by atomic mass is 10.1. The number of hydrogen-bond donors (Lipinski definition) is 1. The van der Waals surface area contributed by atoms with Gasteiger partial charge in [0, 0.05) is 17.3 Å². The Bertz CT molecular complexity index is 921. The van der Waals surface area contributed by atoms with Crippen LogP contribution in [-0.2, 0) is 6.42 Å². The Balaban J connectivity index is 1.48. The Morgan fingerprint density at radius 1 is 0.867 bits per heavy atom. The van der Waals surface area contributed by atoms with Gasteiger partial charge in [-0.1, -0.05) is 50.2 Å². The van der Waals surface area contributed by atoms with Crippen molar-refractivity contribution in [1.82, 2.24) is 0 Å². The zero-order valence-corrected chi connectivity index (χ0v) is 17.6. The Morgan fingerprint density at radius 2 is 1.63 bits per heavy atom. The summed E-state index contributed by atoms with van der Waals surface area (Å²) in [5.41, 5.74) is 2.60. The van der Waals surface area contributed by atoms with Crippen LogP contribution in [0.15, 0.2) is 78.9 Å². The van der Waals surface area contributed by atoms with Crippen LogP contribution in [0.5, 0.6) is 11.5 Å². The molecule has 3 aromatic carbocycles. The van der Waals surface area contributed by atoms with Crippen molar-refractivity contribution in [2.24, 2.45) is 5.92 Å². The number of aryl methyl sites for hydroxylation is 1. The molecular formula is C26H29NO3. The molecule has 0 heterocycles. The van der Waals surface area contributed by atoms with Crippen molar-refractivity contribution >= 4 is 11.6 Å². The fraction of sp³-hybridized carbons (Fsp3) is 0.269. The first kappa shape index (κ1) is 21.4. The van der Waals surface area contributed by atoms with E-state index in [4.69, 9.17) is 9.47 Å². The molecule has 156 valence electrons. The molecule has 0 saturated carbocycles. The standard InChI is InChI=1S/C26H29NO3/c1-20(2)19-30-24-15-13-22(14-16-24)26(28)27-23-11-6-12-25(18-23)29-17-7-10-21-8-4-3-5-9-21/h3-6,8-9,11-16,18,20H,7,10,17,19H2,1-2H3,(H,27,28). The molecule has 0 aromatic heterocycles. The minimum atomic E-state index is -0.161. The molecule has 4 heteroatoms. The second-order valence-corrected chi connectivity index (χ2v) is 7.65. The van der Waals surface area contributed by atoms with Gasteiger partial charge in [-0.2, -0.15) is 0 Å². The molecule has 0 aliphatic heterocycles. The van der Waals surface area contributed by atoms with E-state index >= 15 is 0 Å². The monoisotopic (exact) mass is 403 g/mol. The third kappa shape index (κ3) is 6.96. The molecule has 0 saturated heterocycles. The molecule has 0 unspecified atom stereocenters. The fourth-order valence-corrected chi connectivity index (χ4v) is 2.94. The lowest BCUT2D eigenvalue weighted by Gasteiger charge is -2.11. The van der Waals surface area contributed by atoms with Crippen LogP contribution in [0.2, 0.25) is 0 Å². The summed E-state index contributed by atoms with van der Waals surface area (Å²) in [6.45, 7) is 5.49. The van der Waals surface area contributed by atoms with Gasteiger partial charge in [0.1, 0.15) is 11.5 Å². The van der Waals surface area contributed by atoms with Crippen LogP contribution < -0.4 is 14.8 Å². The Labute approximate surface area is 178 Å². The van der Waals surface area contributed by atoms with Crippen LogP contribution in [0.3, 0.4) is 0 Å². The maximum absolute atomic E-state index is 12.5. The van der Waals surface area contributed by atoms with Crippen molar-refractivity contribution in [3.05, 3.63) is 90.0 Å². The van der Waals surface area contributed by atoms with Gasteiger partial charge in [0.15, 0.2) is 0 Å². The second kappa shape index (κ2) is 11.1. The molecule has 30 heavy (non-hydrogen) atoms. The van der Waals surface area contributed by atoms with Gasteiger partial charge in [-0.15, -0.1) is 0 Å². The summed E-state index contributed by atoms with van der Waals surface area (Å²) < 4.78 is 11.5. The van der Waals surface area contributed by atoms with Gasteiger partial charge in [0.25, 0.3) is 5.91 Å². The third-order valence-corrected chi connectivity index (χ3v) is 4.51. The SMILES string of the molecule is CC(C)COc1ccc(C(=O)Nc2cccc(OCCCc3ccccc3)c2)cc1. The molecule has 3 rings (SSSR count). The highest BCUT2D eigenvalue weighted by atomic mass is 16.5. The minimum absolute atomic E-state index is 0.161. The van der Waals surface area contributed by atoms with Crippen molar-refractivity contribution in [2.75, 3.05) is 18.5 Å². The predicted molar refractivity (Wildman–Crippen MR) is 121 cm³/mol. The van der Waals surface area contributed by atoms with Crippen LogP contribution >= 0.6 is 0 Å². The zero-order valence-electron chi connectivity index (χ0n) is 17.6. The van der Waals surface area contributed by atoms with Crippen molar-refractivity contribution in [2.45, 2.75) is 26.7 Å². The molecule has 0 aliphatic rings. The molecule has 0 spiro atoms. The minimum Gasteiger partial charge on any atom is -0.494 e. The molecule has 0 radical (unpaired) electrons. The van der Waals surface area contributed by atoms with Gasteiger partial charge in [-0.05, 0) is 60.7 Å². The molecular weight excluding hydrogens is 374 g/mol. The van der Waals surface area contributed by atoms with E-state index in [-0.39, 0.29) is 5.91 Å². The zero-order chi connectivity index (χ0) is 21.2. The first-order valence-corrected chi connectivity index (χ1v) is 10.4. The lowest BCUT2D eigenvalue weighted by Crippen LogP contribution is -2.12. The number of hydrogen-bond acceptors (Lipinski definition) is 3. The third-order valence-electron chi connectivity index (χ3n) is 4.51. The van der Waals surface area contributed by atoms with Crippen LogP contribution in [0, 0.1) is 5.92 Å². The molecule has 1 amide bonds. The topological polar surface area (TPSA) is 47.6 Å². The Kier molecular flexibility index (Phi) is 7.90. The maximum atomic E-state index is 12.5. The van der Waals surface area contributed by atoms with Crippen LogP contribution in [0.4, 0.5) is 5.69 Å². The van der Waals surface area contributed by atoms with Crippen molar-refractivity contribution in [3.63, 3.8) is 0 Å². The van der Waals surface area contributed by atoms with E-state index in [2.05, 4.69) is 43.4 Å². The van der Waals surface area contributed by atoms with Crippen molar-refractivity contribution < 1.29 is 14.3 Å². The molecule has 0 fully saturated rings. The van der Waals surface area contributed by atoms with Gasteiger partial charge < -0.3 is 14.8 Å². The van der Waals surface area contributed by atoms with E-state index in [0.717, 1.165) is 24.3 Å². The van der Waals surface area contributed by atoms with Crippen LogP contribution in [-0.4, -0.2) is 19.1 Å². The maximum Gasteiger partial charge on any atom is 0.255 e. The van der Waals surface area contributed by atoms with E-state index in [1.165, 1.54) is 5.56 Å². The highest BCUT2D eigenvalue weighted by Gasteiger charge is 2.07. The number of ether oxygens (including phenoxy) is 2. The van der Waals surface area contributed by atoms with Crippen molar-refractivity contribution in [3.8, 4) is 11.5 Å². The molecule has 4 nitrogen and oxygen atoms in total. The number of carbonyl (C=O) groups is 1. The first-order valence-electron chi connectivity index (χ1n) is 10.4. The number of amides is 1. The number of benzene rings is 3. The van der Waals surface area contributed by atoms with Crippen LogP contribution in [0.25, 0.3) is 0 Å². The van der Waals surface area contributed by atoms with E-state index < -0.39 is 0 Å². The molecule has 0 aliphatic carbocycles. The largest absolute Gasteiger partial charge is 0.494 e. The second-order valence-electron chi connectivity index (χ2n) is 7.65. The molecule has 3 aromatic rings. The molecule has 1 N–H and O–H groups in total. The highest BCUT2D eigenvalue weighted by Crippen LogP contribution is 2.19. The van der Waals surface area contributed by atoms with Gasteiger partial charge in [0.2, 0.25) is 0 Å². The van der Waals surface area contributed by atoms with Gasteiger partial charge in [0.05, 0.1) is 13.2 Å². The molecule has 0 atom stereocenters. The van der Waals surface area contributed by atoms with E-state index in [0.29, 0.717) is 30.4 Å². The van der Waals surface area contributed by atoms with E-state index in [1.807, 2.05) is 42.5 Å². The average Bonchev–Trinajstić information content (AvgIpc) is 2.76. The summed E-state index contributed by atoms with van der Waals surface area (Å²) in [6.07, 6.45) is 1.92. The van der Waals surface area contributed by atoms with E-state index in [9.17, 15) is 4.79 Å². The quantitative estimate of drug-likeness (QED) is 0.423. The van der Waals surface area contributed by atoms with Crippen LogP contribution in [0.1, 0.15) is 36.2 Å². The average molecular weight is 404 g/mol. The Hall–Kier alpha value is -3.27. The lowest BCUT2D eigenvalue weighted by molar-refractivity contribution is 0.102. The summed E-state index contributed by atoms with van der Waals surface area (Å²) in [7, 11) is 0. The summed E-state index contributed by atoms with van der Waals surface area (Å²) in [5, 5.41) is 2.92. The normalized spacial score (nSPS) is 10.6. The number of nitrogens with one attached hydrogen (secondary N) is 1. The summed E-state index contributed by atoms with van der Waals surface area (Å²) >= 11 is 0. The number of rotatable bonds is 10. The molecule has 0 bridgehead atoms.